The molecular weight excluding hydrogens is 492 g/mol. The summed E-state index contributed by atoms with van der Waals surface area (Å²) in [5.74, 6) is -1.64. The highest BCUT2D eigenvalue weighted by atomic mass is 16.5. The minimum absolute atomic E-state index is 0.0322. The summed E-state index contributed by atoms with van der Waals surface area (Å²) in [4.78, 5) is 66.4. The molecule has 0 spiro atoms. The molecule has 1 atom stereocenters. The van der Waals surface area contributed by atoms with Crippen LogP contribution in [0, 0.1) is 5.92 Å². The van der Waals surface area contributed by atoms with E-state index in [9.17, 15) is 24.0 Å². The lowest BCUT2D eigenvalue weighted by atomic mass is 10.0. The summed E-state index contributed by atoms with van der Waals surface area (Å²) in [5.41, 5.74) is -0.342. The Balaban J connectivity index is 2.13. The van der Waals surface area contributed by atoms with Gasteiger partial charge in [-0.25, -0.2) is 9.78 Å². The monoisotopic (exact) mass is 528 g/mol. The number of allylic oxidation sites excluding steroid dienone is 1. The molecule has 2 aromatic rings. The molecule has 2 aromatic heterocycles. The highest BCUT2D eigenvalue weighted by molar-refractivity contribution is 6.00. The molecule has 0 fully saturated rings. The first kappa shape index (κ1) is 30.0. The Labute approximate surface area is 221 Å². The number of nitrogens with one attached hydrogen (secondary N) is 3. The average molecular weight is 529 g/mol. The summed E-state index contributed by atoms with van der Waals surface area (Å²) in [6, 6.07) is 1.94. The van der Waals surface area contributed by atoms with Crippen LogP contribution in [0.1, 0.15) is 50.0 Å². The van der Waals surface area contributed by atoms with E-state index in [1.165, 1.54) is 53.2 Å². The second kappa shape index (κ2) is 15.1. The van der Waals surface area contributed by atoms with Crippen LogP contribution in [0.15, 0.2) is 47.8 Å². The van der Waals surface area contributed by atoms with Crippen LogP contribution in [0.3, 0.4) is 0 Å². The van der Waals surface area contributed by atoms with Gasteiger partial charge in [-0.05, 0) is 30.9 Å². The Morgan fingerprint density at radius 2 is 1.92 bits per heavy atom. The molecule has 2 heterocycles. The predicted molar refractivity (Wildman–Crippen MR) is 141 cm³/mol. The van der Waals surface area contributed by atoms with E-state index in [4.69, 9.17) is 0 Å². The van der Waals surface area contributed by atoms with Crippen molar-refractivity contribution in [3.05, 3.63) is 59.1 Å². The van der Waals surface area contributed by atoms with Crippen LogP contribution in [-0.4, -0.2) is 57.5 Å². The number of amides is 3. The van der Waals surface area contributed by atoms with E-state index in [1.54, 1.807) is 13.1 Å². The lowest BCUT2D eigenvalue weighted by Gasteiger charge is -2.18. The number of hydrogen-bond acceptors (Lipinski definition) is 7. The smallest absolute Gasteiger partial charge is 0.330 e. The number of aromatic nitrogens is 3. The van der Waals surface area contributed by atoms with Crippen molar-refractivity contribution >= 4 is 29.4 Å². The van der Waals surface area contributed by atoms with Gasteiger partial charge in [0, 0.05) is 25.9 Å². The van der Waals surface area contributed by atoms with Gasteiger partial charge >= 0.3 is 5.97 Å². The lowest BCUT2D eigenvalue weighted by Crippen LogP contribution is -2.45. The fraction of sp³-hybridized carbons (Fsp3) is 0.462. The molecule has 0 radical (unpaired) electrons. The molecule has 0 aliphatic heterocycles. The van der Waals surface area contributed by atoms with Crippen molar-refractivity contribution in [1.82, 2.24) is 24.8 Å². The highest BCUT2D eigenvalue weighted by Crippen LogP contribution is 2.08. The number of rotatable bonds is 14. The number of nitrogens with zero attached hydrogens (tertiary/aromatic N) is 3. The zero-order valence-electron chi connectivity index (χ0n) is 22.2. The number of pyridine rings is 1. The van der Waals surface area contributed by atoms with Crippen molar-refractivity contribution in [3.63, 3.8) is 0 Å². The summed E-state index contributed by atoms with van der Waals surface area (Å²) in [6.45, 7) is 4.44. The first-order chi connectivity index (χ1) is 18.2. The summed E-state index contributed by atoms with van der Waals surface area (Å²) in [7, 11) is 2.89. The van der Waals surface area contributed by atoms with E-state index >= 15 is 0 Å². The normalized spacial score (nSPS) is 11.8. The Hall–Kier alpha value is -4.22. The first-order valence-electron chi connectivity index (χ1n) is 12.5. The van der Waals surface area contributed by atoms with Gasteiger partial charge in [0.15, 0.2) is 0 Å². The number of imidazole rings is 1. The fourth-order valence-corrected chi connectivity index (χ4v) is 3.61. The SMILES string of the molecule is CCC(CC)CNC(=O)Cn1cccc(NC(=O)[C@H](CCC=CC(=O)OC)NC(=O)c2cncn2C)c1=O. The molecule has 0 aromatic carbocycles. The third-order valence-electron chi connectivity index (χ3n) is 6.08. The molecule has 0 aliphatic carbocycles. The maximum Gasteiger partial charge on any atom is 0.330 e. The van der Waals surface area contributed by atoms with Crippen molar-refractivity contribution in [2.24, 2.45) is 13.0 Å². The average Bonchev–Trinajstić information content (AvgIpc) is 3.34. The minimum atomic E-state index is -1.03. The lowest BCUT2D eigenvalue weighted by molar-refractivity contribution is -0.134. The third kappa shape index (κ3) is 9.02. The maximum atomic E-state index is 13.1. The summed E-state index contributed by atoms with van der Waals surface area (Å²) < 4.78 is 7.26. The fourth-order valence-electron chi connectivity index (χ4n) is 3.61. The molecule has 12 nitrogen and oxygen atoms in total. The Kier molecular flexibility index (Phi) is 11.9. The molecular formula is C26H36N6O6. The minimum Gasteiger partial charge on any atom is -0.466 e. The molecule has 0 bridgehead atoms. The number of aryl methyl sites for hydroxylation is 1. The van der Waals surface area contributed by atoms with Gasteiger partial charge < -0.3 is 29.8 Å². The molecule has 0 unspecified atom stereocenters. The second-order valence-electron chi connectivity index (χ2n) is 8.75. The first-order valence-corrected chi connectivity index (χ1v) is 12.5. The molecule has 12 heteroatoms. The molecule has 3 amide bonds. The number of methoxy groups -OCH3 is 1. The summed E-state index contributed by atoms with van der Waals surface area (Å²) in [5, 5.41) is 8.05. The Morgan fingerprint density at radius 1 is 1.18 bits per heavy atom. The maximum absolute atomic E-state index is 13.1. The van der Waals surface area contributed by atoms with Crippen LogP contribution < -0.4 is 21.5 Å². The van der Waals surface area contributed by atoms with Crippen molar-refractivity contribution < 1.29 is 23.9 Å². The van der Waals surface area contributed by atoms with Gasteiger partial charge in [-0.15, -0.1) is 0 Å². The summed E-state index contributed by atoms with van der Waals surface area (Å²) in [6.07, 6.45) is 9.33. The number of hydrogen-bond donors (Lipinski definition) is 3. The number of carbonyl (C=O) groups excluding carboxylic acids is 4. The molecule has 38 heavy (non-hydrogen) atoms. The van der Waals surface area contributed by atoms with Gasteiger partial charge in [-0.3, -0.25) is 19.2 Å². The van der Waals surface area contributed by atoms with Crippen LogP contribution in [0.25, 0.3) is 0 Å². The van der Waals surface area contributed by atoms with Gasteiger partial charge in [-0.1, -0.05) is 32.8 Å². The predicted octanol–water partition coefficient (Wildman–Crippen LogP) is 1.38. The number of carbonyl (C=O) groups is 4. The quantitative estimate of drug-likeness (QED) is 0.247. The second-order valence-corrected chi connectivity index (χ2v) is 8.75. The molecule has 0 aliphatic rings. The van der Waals surface area contributed by atoms with Crippen LogP contribution in [0.4, 0.5) is 5.69 Å². The van der Waals surface area contributed by atoms with Crippen LogP contribution in [-0.2, 0) is 32.7 Å². The van der Waals surface area contributed by atoms with E-state index in [0.717, 1.165) is 12.8 Å². The molecule has 3 N–H and O–H groups in total. The molecule has 206 valence electrons. The van der Waals surface area contributed by atoms with Gasteiger partial charge in [-0.2, -0.15) is 0 Å². The largest absolute Gasteiger partial charge is 0.466 e. The third-order valence-corrected chi connectivity index (χ3v) is 6.08. The van der Waals surface area contributed by atoms with Gasteiger partial charge in [0.05, 0.1) is 19.6 Å². The Morgan fingerprint density at radius 3 is 2.55 bits per heavy atom. The van der Waals surface area contributed by atoms with Crippen LogP contribution in [0.5, 0.6) is 0 Å². The Bertz CT molecular complexity index is 1200. The van der Waals surface area contributed by atoms with E-state index in [1.807, 2.05) is 0 Å². The van der Waals surface area contributed by atoms with Crippen molar-refractivity contribution in [3.8, 4) is 0 Å². The van der Waals surface area contributed by atoms with Gasteiger partial charge in [0.1, 0.15) is 24.0 Å². The van der Waals surface area contributed by atoms with E-state index in [2.05, 4.69) is 39.5 Å². The van der Waals surface area contributed by atoms with Crippen molar-refractivity contribution in [2.45, 2.75) is 52.1 Å². The van der Waals surface area contributed by atoms with Crippen LogP contribution in [0.2, 0.25) is 0 Å². The van der Waals surface area contributed by atoms with Gasteiger partial charge in [0.2, 0.25) is 11.8 Å². The van der Waals surface area contributed by atoms with Crippen molar-refractivity contribution in [1.29, 1.82) is 0 Å². The number of anilines is 1. The molecule has 0 saturated heterocycles. The van der Waals surface area contributed by atoms with Crippen molar-refractivity contribution in [2.75, 3.05) is 19.0 Å². The zero-order valence-corrected chi connectivity index (χ0v) is 22.2. The van der Waals surface area contributed by atoms with E-state index in [0.29, 0.717) is 12.5 Å². The zero-order chi connectivity index (χ0) is 28.1. The van der Waals surface area contributed by atoms with Crippen LogP contribution >= 0.6 is 0 Å². The number of esters is 1. The van der Waals surface area contributed by atoms with E-state index < -0.39 is 29.4 Å². The highest BCUT2D eigenvalue weighted by Gasteiger charge is 2.23. The molecule has 0 saturated carbocycles. The number of ether oxygens (including phenoxy) is 1. The van der Waals surface area contributed by atoms with Gasteiger partial charge in [0.25, 0.3) is 11.5 Å². The standard InChI is InChI=1S/C26H36N6O6/c1-5-18(6-2)14-28-22(33)16-32-13-9-11-20(26(32)37)30-24(35)19(10-7-8-12-23(34)38-4)29-25(36)21-15-27-17-31(21)3/h8-9,11-13,15,17-19H,5-7,10,14,16H2,1-4H3,(H,28,33)(H,29,36)(H,30,35)/t19-/m0/s1. The molecule has 2 rings (SSSR count). The topological polar surface area (TPSA) is 153 Å². The summed E-state index contributed by atoms with van der Waals surface area (Å²) >= 11 is 0. The van der Waals surface area contributed by atoms with E-state index in [-0.39, 0.29) is 36.7 Å².